The molecule has 11 heavy (non-hydrogen) atoms. The number of rotatable bonds is 3. The normalized spacial score (nSPS) is 9.55. The highest BCUT2D eigenvalue weighted by atomic mass is 16.1. The molecule has 0 radical (unpaired) electrons. The number of H-pyrrole nitrogens is 1. The maximum absolute atomic E-state index is 10.6. The smallest absolute Gasteiger partial charge is 0.234 e. The van der Waals surface area contributed by atoms with Gasteiger partial charge in [-0.3, -0.25) is 4.79 Å². The summed E-state index contributed by atoms with van der Waals surface area (Å²) in [7, 11) is 0. The Kier molecular flexibility index (Phi) is 2.62. The van der Waals surface area contributed by atoms with Gasteiger partial charge in [0.1, 0.15) is 5.82 Å². The molecular weight excluding hydrogens is 144 g/mol. The van der Waals surface area contributed by atoms with Gasteiger partial charge in [0.25, 0.3) is 0 Å². The van der Waals surface area contributed by atoms with E-state index in [-0.39, 0.29) is 12.5 Å². The first kappa shape index (κ1) is 7.74. The number of amides is 1. The van der Waals surface area contributed by atoms with Crippen molar-refractivity contribution >= 4 is 5.91 Å². The van der Waals surface area contributed by atoms with Crippen LogP contribution in [0.15, 0.2) is 12.4 Å². The Morgan fingerprint density at radius 3 is 3.18 bits per heavy atom. The molecule has 4 N–H and O–H groups in total. The van der Waals surface area contributed by atoms with E-state index in [4.69, 9.17) is 5.73 Å². The molecule has 1 aromatic rings. The van der Waals surface area contributed by atoms with Gasteiger partial charge in [0, 0.05) is 12.4 Å². The van der Waals surface area contributed by atoms with Crippen LogP contribution >= 0.6 is 0 Å². The van der Waals surface area contributed by atoms with Crippen LogP contribution in [0.1, 0.15) is 5.82 Å². The van der Waals surface area contributed by atoms with Crippen molar-refractivity contribution in [1.82, 2.24) is 15.3 Å². The molecule has 0 fully saturated rings. The van der Waals surface area contributed by atoms with Gasteiger partial charge in [-0.2, -0.15) is 0 Å². The first-order valence-corrected chi connectivity index (χ1v) is 3.28. The van der Waals surface area contributed by atoms with Crippen molar-refractivity contribution in [3.63, 3.8) is 0 Å². The van der Waals surface area contributed by atoms with Crippen molar-refractivity contribution in [1.29, 1.82) is 0 Å². The number of aromatic nitrogens is 2. The van der Waals surface area contributed by atoms with E-state index < -0.39 is 0 Å². The summed E-state index contributed by atoms with van der Waals surface area (Å²) in [4.78, 5) is 17.4. The number of aromatic amines is 1. The van der Waals surface area contributed by atoms with Crippen molar-refractivity contribution in [2.45, 2.75) is 6.54 Å². The lowest BCUT2D eigenvalue weighted by atomic mass is 10.5. The summed E-state index contributed by atoms with van der Waals surface area (Å²) in [5.74, 6) is 0.549. The van der Waals surface area contributed by atoms with E-state index >= 15 is 0 Å². The highest BCUT2D eigenvalue weighted by molar-refractivity contribution is 5.77. The Hall–Kier alpha value is -1.36. The molecular formula is C6H10N4O. The van der Waals surface area contributed by atoms with Crippen molar-refractivity contribution in [3.05, 3.63) is 18.2 Å². The van der Waals surface area contributed by atoms with Crippen molar-refractivity contribution in [2.24, 2.45) is 5.73 Å². The van der Waals surface area contributed by atoms with Crippen LogP contribution in [0.5, 0.6) is 0 Å². The maximum Gasteiger partial charge on any atom is 0.234 e. The van der Waals surface area contributed by atoms with Crippen LogP contribution in [-0.4, -0.2) is 22.4 Å². The zero-order chi connectivity index (χ0) is 8.10. The Labute approximate surface area is 64.0 Å². The Morgan fingerprint density at radius 1 is 1.82 bits per heavy atom. The third-order valence-corrected chi connectivity index (χ3v) is 1.19. The molecule has 1 amide bonds. The second kappa shape index (κ2) is 3.72. The SMILES string of the molecule is NCC(=O)NCc1ncc[nH]1. The molecule has 1 rings (SSSR count). The molecule has 0 aliphatic carbocycles. The molecule has 5 heteroatoms. The minimum absolute atomic E-state index is 0.0146. The predicted molar refractivity (Wildman–Crippen MR) is 39.5 cm³/mol. The molecule has 0 spiro atoms. The van der Waals surface area contributed by atoms with Crippen molar-refractivity contribution < 1.29 is 4.79 Å². The second-order valence-electron chi connectivity index (χ2n) is 2.02. The van der Waals surface area contributed by atoms with E-state index in [9.17, 15) is 4.79 Å². The summed E-state index contributed by atoms with van der Waals surface area (Å²) in [6.07, 6.45) is 3.33. The summed E-state index contributed by atoms with van der Waals surface area (Å²) in [6.45, 7) is 0.420. The average Bonchev–Trinajstić information content (AvgIpc) is 2.52. The van der Waals surface area contributed by atoms with Crippen LogP contribution < -0.4 is 11.1 Å². The summed E-state index contributed by atoms with van der Waals surface area (Å²) in [6, 6.07) is 0. The number of imidazole rings is 1. The largest absolute Gasteiger partial charge is 0.348 e. The van der Waals surface area contributed by atoms with Gasteiger partial charge in [-0.1, -0.05) is 0 Å². The molecule has 5 nitrogen and oxygen atoms in total. The molecule has 0 aliphatic heterocycles. The van der Waals surface area contributed by atoms with E-state index in [0.29, 0.717) is 6.54 Å². The van der Waals surface area contributed by atoms with E-state index in [1.165, 1.54) is 0 Å². The zero-order valence-electron chi connectivity index (χ0n) is 6.00. The van der Waals surface area contributed by atoms with Crippen LogP contribution in [0, 0.1) is 0 Å². The lowest BCUT2D eigenvalue weighted by Crippen LogP contribution is -2.30. The fourth-order valence-corrected chi connectivity index (χ4v) is 0.649. The van der Waals surface area contributed by atoms with Crippen molar-refractivity contribution in [2.75, 3.05) is 6.54 Å². The number of nitrogens with two attached hydrogens (primary N) is 1. The lowest BCUT2D eigenvalue weighted by Gasteiger charge is -1.98. The molecule has 0 atom stereocenters. The maximum atomic E-state index is 10.6. The standard InChI is InChI=1S/C6H10N4O/c7-3-6(11)10-4-5-8-1-2-9-5/h1-2H,3-4,7H2,(H,8,9)(H,10,11). The highest BCUT2D eigenvalue weighted by Gasteiger charge is 1.97. The highest BCUT2D eigenvalue weighted by Crippen LogP contribution is 1.85. The average molecular weight is 154 g/mol. The Balaban J connectivity index is 2.29. The number of nitrogens with zero attached hydrogens (tertiary/aromatic N) is 1. The topological polar surface area (TPSA) is 83.8 Å². The molecule has 0 saturated heterocycles. The van der Waals surface area contributed by atoms with E-state index in [0.717, 1.165) is 5.82 Å². The number of carbonyl (C=O) groups excluding carboxylic acids is 1. The third-order valence-electron chi connectivity index (χ3n) is 1.19. The van der Waals surface area contributed by atoms with Gasteiger partial charge in [-0.05, 0) is 0 Å². The van der Waals surface area contributed by atoms with Crippen LogP contribution in [0.25, 0.3) is 0 Å². The van der Waals surface area contributed by atoms with E-state index in [1.54, 1.807) is 12.4 Å². The van der Waals surface area contributed by atoms with E-state index in [2.05, 4.69) is 15.3 Å². The monoisotopic (exact) mass is 154 g/mol. The van der Waals surface area contributed by atoms with Gasteiger partial charge in [0.2, 0.25) is 5.91 Å². The minimum atomic E-state index is -0.179. The van der Waals surface area contributed by atoms with Crippen LogP contribution in [0.2, 0.25) is 0 Å². The molecule has 0 aromatic carbocycles. The fraction of sp³-hybridized carbons (Fsp3) is 0.333. The molecule has 1 heterocycles. The minimum Gasteiger partial charge on any atom is -0.348 e. The third kappa shape index (κ3) is 2.38. The number of hydrogen-bond donors (Lipinski definition) is 3. The zero-order valence-corrected chi connectivity index (χ0v) is 6.00. The molecule has 0 saturated carbocycles. The number of carbonyl (C=O) groups is 1. The second-order valence-corrected chi connectivity index (χ2v) is 2.02. The quantitative estimate of drug-likeness (QED) is 0.521. The van der Waals surface area contributed by atoms with Gasteiger partial charge < -0.3 is 16.0 Å². The summed E-state index contributed by atoms with van der Waals surface area (Å²) >= 11 is 0. The summed E-state index contributed by atoms with van der Waals surface area (Å²) in [5.41, 5.74) is 5.07. The van der Waals surface area contributed by atoms with Crippen molar-refractivity contribution in [3.8, 4) is 0 Å². The molecule has 60 valence electrons. The van der Waals surface area contributed by atoms with Crippen LogP contribution in [0.3, 0.4) is 0 Å². The Morgan fingerprint density at radius 2 is 2.64 bits per heavy atom. The molecule has 0 unspecified atom stereocenters. The predicted octanol–water partition coefficient (Wildman–Crippen LogP) is -1.02. The van der Waals surface area contributed by atoms with Gasteiger partial charge in [0.05, 0.1) is 13.1 Å². The van der Waals surface area contributed by atoms with Gasteiger partial charge >= 0.3 is 0 Å². The first-order chi connectivity index (χ1) is 5.33. The molecule has 1 aromatic heterocycles. The van der Waals surface area contributed by atoms with Crippen LogP contribution in [0.4, 0.5) is 0 Å². The lowest BCUT2D eigenvalue weighted by molar-refractivity contribution is -0.119. The first-order valence-electron chi connectivity index (χ1n) is 3.28. The summed E-state index contributed by atoms with van der Waals surface area (Å²) < 4.78 is 0. The number of hydrogen-bond acceptors (Lipinski definition) is 3. The fourth-order valence-electron chi connectivity index (χ4n) is 0.649. The van der Waals surface area contributed by atoms with Gasteiger partial charge in [-0.15, -0.1) is 0 Å². The Bertz CT molecular complexity index is 218. The summed E-state index contributed by atoms with van der Waals surface area (Å²) in [5, 5.41) is 2.58. The van der Waals surface area contributed by atoms with Gasteiger partial charge in [0.15, 0.2) is 0 Å². The van der Waals surface area contributed by atoms with Crippen LogP contribution in [-0.2, 0) is 11.3 Å². The van der Waals surface area contributed by atoms with E-state index in [1.807, 2.05) is 0 Å². The molecule has 0 aliphatic rings. The number of nitrogens with one attached hydrogen (secondary N) is 2. The molecule has 0 bridgehead atoms. The van der Waals surface area contributed by atoms with Gasteiger partial charge in [-0.25, -0.2) is 4.98 Å².